The van der Waals surface area contributed by atoms with Crippen LogP contribution in [-0.2, 0) is 6.54 Å². The molecule has 34 heavy (non-hydrogen) atoms. The number of hydrogen-bond acceptors (Lipinski definition) is 3. The van der Waals surface area contributed by atoms with E-state index in [0.717, 1.165) is 35.4 Å². The number of aromatic nitrogens is 3. The molecule has 2 aromatic carbocycles. The van der Waals surface area contributed by atoms with Crippen molar-refractivity contribution in [1.82, 2.24) is 14.8 Å². The normalized spacial score (nSPS) is 15.8. The molecule has 0 radical (unpaired) electrons. The molecule has 0 bridgehead atoms. The summed E-state index contributed by atoms with van der Waals surface area (Å²) in [6, 6.07) is 20.3. The maximum atomic E-state index is 9.32. The summed E-state index contributed by atoms with van der Waals surface area (Å²) in [7, 11) is 0. The third kappa shape index (κ3) is 5.22. The Labute approximate surface area is 201 Å². The molecule has 1 aromatic heterocycles. The third-order valence-corrected chi connectivity index (χ3v) is 5.96. The molecule has 0 fully saturated rings. The van der Waals surface area contributed by atoms with Crippen LogP contribution in [0.1, 0.15) is 36.8 Å². The molecule has 0 amide bonds. The van der Waals surface area contributed by atoms with E-state index in [1.807, 2.05) is 30.3 Å². The van der Waals surface area contributed by atoms with Gasteiger partial charge in [-0.05, 0) is 47.3 Å². The van der Waals surface area contributed by atoms with Gasteiger partial charge in [-0.1, -0.05) is 92.4 Å². The zero-order valence-corrected chi connectivity index (χ0v) is 19.4. The second-order valence-corrected chi connectivity index (χ2v) is 8.24. The summed E-state index contributed by atoms with van der Waals surface area (Å²) in [6.07, 6.45) is 16.4. The molecule has 3 aromatic rings. The lowest BCUT2D eigenvalue weighted by Crippen LogP contribution is -2.15. The predicted octanol–water partition coefficient (Wildman–Crippen LogP) is 6.94. The van der Waals surface area contributed by atoms with Crippen molar-refractivity contribution >= 4 is 0 Å². The van der Waals surface area contributed by atoms with Gasteiger partial charge in [0.25, 0.3) is 0 Å². The van der Waals surface area contributed by atoms with E-state index in [2.05, 4.69) is 89.0 Å². The second kappa shape index (κ2) is 11.1. The summed E-state index contributed by atoms with van der Waals surface area (Å²) in [5, 5.41) is 17.9. The van der Waals surface area contributed by atoms with Gasteiger partial charge >= 0.3 is 0 Å². The first-order valence-electron chi connectivity index (χ1n) is 11.6. The zero-order valence-electron chi connectivity index (χ0n) is 19.4. The average Bonchev–Trinajstić information content (AvgIpc) is 3.35. The highest BCUT2D eigenvalue weighted by atomic mass is 15.3. The number of allylic oxidation sites excluding steroid dienone is 9. The smallest absolute Gasteiger partial charge is 0.164 e. The number of benzene rings is 2. The Morgan fingerprint density at radius 2 is 2.03 bits per heavy atom. The fourth-order valence-corrected chi connectivity index (χ4v) is 4.27. The first-order chi connectivity index (χ1) is 16.7. The Morgan fingerprint density at radius 3 is 2.82 bits per heavy atom. The van der Waals surface area contributed by atoms with Crippen molar-refractivity contribution in [2.45, 2.75) is 32.2 Å². The van der Waals surface area contributed by atoms with Crippen molar-refractivity contribution in [3.8, 4) is 17.5 Å². The van der Waals surface area contributed by atoms with Gasteiger partial charge in [-0.3, -0.25) is 0 Å². The van der Waals surface area contributed by atoms with Gasteiger partial charge in [-0.2, -0.15) is 5.26 Å². The van der Waals surface area contributed by atoms with E-state index < -0.39 is 0 Å². The highest BCUT2D eigenvalue weighted by molar-refractivity contribution is 5.59. The van der Waals surface area contributed by atoms with Crippen LogP contribution in [0.15, 0.2) is 121 Å². The monoisotopic (exact) mass is 444 g/mol. The number of nitrogens with zero attached hydrogens (tertiary/aromatic N) is 4. The maximum absolute atomic E-state index is 9.32. The van der Waals surface area contributed by atoms with Gasteiger partial charge in [0.15, 0.2) is 5.82 Å². The summed E-state index contributed by atoms with van der Waals surface area (Å²) >= 11 is 0. The molecule has 0 saturated carbocycles. The van der Waals surface area contributed by atoms with Gasteiger partial charge in [0, 0.05) is 18.0 Å². The minimum absolute atomic E-state index is 0.234. The zero-order chi connectivity index (χ0) is 23.8. The molecule has 4 heteroatoms. The lowest BCUT2D eigenvalue weighted by atomic mass is 9.80. The van der Waals surface area contributed by atoms with Crippen molar-refractivity contribution in [2.75, 3.05) is 0 Å². The molecule has 1 heterocycles. The summed E-state index contributed by atoms with van der Waals surface area (Å²) in [5.74, 6) is 0.982. The molecular weight excluding hydrogens is 416 g/mol. The molecule has 0 spiro atoms. The van der Waals surface area contributed by atoms with Crippen LogP contribution in [0.3, 0.4) is 0 Å². The molecule has 168 valence electrons. The third-order valence-electron chi connectivity index (χ3n) is 5.96. The molecule has 0 aliphatic heterocycles. The van der Waals surface area contributed by atoms with Crippen LogP contribution in [0.4, 0.5) is 0 Å². The van der Waals surface area contributed by atoms with Crippen LogP contribution >= 0.6 is 0 Å². The summed E-state index contributed by atoms with van der Waals surface area (Å²) in [4.78, 5) is 0. The minimum Gasteiger partial charge on any atom is -0.309 e. The van der Waals surface area contributed by atoms with Crippen molar-refractivity contribution in [2.24, 2.45) is 0 Å². The average molecular weight is 445 g/mol. The molecule has 0 saturated heterocycles. The van der Waals surface area contributed by atoms with Gasteiger partial charge in [0.2, 0.25) is 0 Å². The molecule has 0 N–H and O–H groups in total. The van der Waals surface area contributed by atoms with Gasteiger partial charge in [-0.15, -0.1) is 10.2 Å². The fraction of sp³-hybridized carbons (Fsp3) is 0.167. The first-order valence-corrected chi connectivity index (χ1v) is 11.6. The van der Waals surface area contributed by atoms with Crippen molar-refractivity contribution in [1.29, 1.82) is 5.26 Å². The molecule has 1 atom stereocenters. The summed E-state index contributed by atoms with van der Waals surface area (Å²) in [5.41, 5.74) is 6.17. The quantitative estimate of drug-likeness (QED) is 0.354. The molecule has 4 rings (SSSR count). The first kappa shape index (κ1) is 22.9. The van der Waals surface area contributed by atoms with E-state index in [1.54, 1.807) is 12.4 Å². The SMILES string of the molecule is C=C(/C=C\C=C/CC)C1=C(Cn2cnnc2-c2cccc(C#N)c2)C(c2ccccc2)CC=C1. The van der Waals surface area contributed by atoms with Gasteiger partial charge in [0.05, 0.1) is 11.6 Å². The highest BCUT2D eigenvalue weighted by Crippen LogP contribution is 2.38. The van der Waals surface area contributed by atoms with Crippen LogP contribution in [0, 0.1) is 11.3 Å². The van der Waals surface area contributed by atoms with E-state index in [0.29, 0.717) is 12.1 Å². The summed E-state index contributed by atoms with van der Waals surface area (Å²) in [6.45, 7) is 7.14. The van der Waals surface area contributed by atoms with Gasteiger partial charge in [-0.25, -0.2) is 0 Å². The molecule has 1 unspecified atom stereocenters. The topological polar surface area (TPSA) is 54.5 Å². The van der Waals surface area contributed by atoms with Crippen LogP contribution in [0.25, 0.3) is 11.4 Å². The number of rotatable bonds is 8. The second-order valence-electron chi connectivity index (χ2n) is 8.24. The van der Waals surface area contributed by atoms with Crippen molar-refractivity contribution in [3.63, 3.8) is 0 Å². The highest BCUT2D eigenvalue weighted by Gasteiger charge is 2.24. The van der Waals surface area contributed by atoms with E-state index in [9.17, 15) is 5.26 Å². The van der Waals surface area contributed by atoms with Crippen LogP contribution in [0.5, 0.6) is 0 Å². The van der Waals surface area contributed by atoms with Gasteiger partial charge in [0.1, 0.15) is 6.33 Å². The van der Waals surface area contributed by atoms with E-state index in [1.165, 1.54) is 11.1 Å². The fourth-order valence-electron chi connectivity index (χ4n) is 4.27. The standard InChI is InChI=1S/C30H28N4/c1-3-4-5-7-12-23(2)27-17-11-18-28(25-14-8-6-9-15-25)29(27)21-34-22-32-33-30(34)26-16-10-13-24(19-26)20-31/h4-17,19,22,28H,2-3,18,21H2,1H3/b5-4-,12-7-. The van der Waals surface area contributed by atoms with E-state index in [4.69, 9.17) is 0 Å². The Hall–Kier alpha value is -4.23. The van der Waals surface area contributed by atoms with E-state index >= 15 is 0 Å². The lowest BCUT2D eigenvalue weighted by Gasteiger charge is -2.27. The number of hydrogen-bond donors (Lipinski definition) is 0. The van der Waals surface area contributed by atoms with Crippen LogP contribution in [0.2, 0.25) is 0 Å². The van der Waals surface area contributed by atoms with Crippen LogP contribution < -0.4 is 0 Å². The van der Waals surface area contributed by atoms with Crippen LogP contribution in [-0.4, -0.2) is 14.8 Å². The van der Waals surface area contributed by atoms with Crippen molar-refractivity contribution < 1.29 is 0 Å². The predicted molar refractivity (Wildman–Crippen MR) is 138 cm³/mol. The Morgan fingerprint density at radius 1 is 1.18 bits per heavy atom. The molecular formula is C30H28N4. The Bertz CT molecular complexity index is 1310. The Kier molecular flexibility index (Phi) is 7.47. The van der Waals surface area contributed by atoms with Crippen molar-refractivity contribution in [3.05, 3.63) is 132 Å². The van der Waals surface area contributed by atoms with E-state index in [-0.39, 0.29) is 5.92 Å². The maximum Gasteiger partial charge on any atom is 0.164 e. The largest absolute Gasteiger partial charge is 0.309 e. The Balaban J connectivity index is 1.76. The molecule has 4 nitrogen and oxygen atoms in total. The lowest BCUT2D eigenvalue weighted by molar-refractivity contribution is 0.676. The molecule has 1 aliphatic rings. The number of nitriles is 1. The summed E-state index contributed by atoms with van der Waals surface area (Å²) < 4.78 is 2.06. The molecule has 1 aliphatic carbocycles. The minimum atomic E-state index is 0.234. The van der Waals surface area contributed by atoms with Gasteiger partial charge < -0.3 is 4.57 Å².